The normalized spacial score (nSPS) is 11.0. The number of carbonyl (C=O) groups is 2. The predicted octanol–water partition coefficient (Wildman–Crippen LogP) is 2.33. The van der Waals surface area contributed by atoms with Crippen LogP contribution < -0.4 is 21.2 Å². The van der Waals surface area contributed by atoms with Crippen molar-refractivity contribution in [3.8, 4) is 5.75 Å². The number of urea groups is 1. The van der Waals surface area contributed by atoms with E-state index in [0.717, 1.165) is 28.6 Å². The van der Waals surface area contributed by atoms with Gasteiger partial charge in [-0.1, -0.05) is 37.7 Å². The fourth-order valence-electron chi connectivity index (χ4n) is 2.48. The summed E-state index contributed by atoms with van der Waals surface area (Å²) in [6.45, 7) is 9.97. The lowest BCUT2D eigenvalue weighted by Gasteiger charge is -2.14. The van der Waals surface area contributed by atoms with Crippen LogP contribution in [0, 0.1) is 6.92 Å². The molecular weight excluding hydrogens is 392 g/mol. The van der Waals surface area contributed by atoms with Gasteiger partial charge in [-0.2, -0.15) is 0 Å². The van der Waals surface area contributed by atoms with Crippen LogP contribution in [0.3, 0.4) is 0 Å². The highest BCUT2D eigenvalue weighted by Crippen LogP contribution is 2.28. The van der Waals surface area contributed by atoms with Gasteiger partial charge in [0.25, 0.3) is 0 Å². The van der Waals surface area contributed by atoms with Crippen molar-refractivity contribution < 1.29 is 14.3 Å². The molecule has 0 radical (unpaired) electrons. The van der Waals surface area contributed by atoms with Crippen LogP contribution in [0.4, 0.5) is 4.79 Å². The summed E-state index contributed by atoms with van der Waals surface area (Å²) in [7, 11) is 0. The summed E-state index contributed by atoms with van der Waals surface area (Å²) in [5.41, 5.74) is 2.20. The Morgan fingerprint density at radius 2 is 1.97 bits per heavy atom. The SMILES string of the molecule is Cc1ccc(C(C)C)c(OCc2nnc(SCC(=O)NC(=O)NC(C)C)n2N)c1. The lowest BCUT2D eigenvalue weighted by Crippen LogP contribution is -2.43. The quantitative estimate of drug-likeness (QED) is 0.442. The van der Waals surface area contributed by atoms with E-state index in [2.05, 4.69) is 46.8 Å². The van der Waals surface area contributed by atoms with E-state index in [1.165, 1.54) is 4.68 Å². The molecule has 2 rings (SSSR count). The number of nitrogen functional groups attached to an aromatic ring is 1. The van der Waals surface area contributed by atoms with E-state index in [0.29, 0.717) is 16.9 Å². The zero-order chi connectivity index (χ0) is 21.6. The number of aromatic nitrogens is 3. The van der Waals surface area contributed by atoms with Crippen molar-refractivity contribution in [2.75, 3.05) is 11.6 Å². The summed E-state index contributed by atoms with van der Waals surface area (Å²) in [5.74, 6) is 7.10. The maximum Gasteiger partial charge on any atom is 0.321 e. The fraction of sp³-hybridized carbons (Fsp3) is 0.474. The number of hydrogen-bond donors (Lipinski definition) is 3. The molecule has 29 heavy (non-hydrogen) atoms. The van der Waals surface area contributed by atoms with Crippen LogP contribution in [0.5, 0.6) is 5.75 Å². The Labute approximate surface area is 174 Å². The highest BCUT2D eigenvalue weighted by Gasteiger charge is 2.15. The zero-order valence-corrected chi connectivity index (χ0v) is 18.2. The Hall–Kier alpha value is -2.75. The summed E-state index contributed by atoms with van der Waals surface area (Å²) in [4.78, 5) is 23.4. The highest BCUT2D eigenvalue weighted by molar-refractivity contribution is 7.99. The second-order valence-corrected chi connectivity index (χ2v) is 8.16. The number of rotatable bonds is 8. The van der Waals surface area contributed by atoms with Crippen molar-refractivity contribution in [1.29, 1.82) is 0 Å². The van der Waals surface area contributed by atoms with Crippen molar-refractivity contribution in [3.05, 3.63) is 35.2 Å². The van der Waals surface area contributed by atoms with Crippen LogP contribution >= 0.6 is 11.8 Å². The lowest BCUT2D eigenvalue weighted by molar-refractivity contribution is -0.117. The Balaban J connectivity index is 1.94. The van der Waals surface area contributed by atoms with E-state index in [1.807, 2.05) is 13.0 Å². The summed E-state index contributed by atoms with van der Waals surface area (Å²) in [6, 6.07) is 5.49. The minimum Gasteiger partial charge on any atom is -0.485 e. The average Bonchev–Trinajstić information content (AvgIpc) is 2.97. The largest absolute Gasteiger partial charge is 0.485 e. The number of nitrogens with two attached hydrogens (primary N) is 1. The number of nitrogens with zero attached hydrogens (tertiary/aromatic N) is 3. The van der Waals surface area contributed by atoms with Gasteiger partial charge in [-0.05, 0) is 43.9 Å². The average molecular weight is 421 g/mol. The number of carbonyl (C=O) groups excluding carboxylic acids is 2. The van der Waals surface area contributed by atoms with Gasteiger partial charge in [0.05, 0.1) is 5.75 Å². The van der Waals surface area contributed by atoms with E-state index in [4.69, 9.17) is 10.6 Å². The van der Waals surface area contributed by atoms with Gasteiger partial charge in [0.2, 0.25) is 11.1 Å². The molecule has 158 valence electrons. The molecule has 0 saturated carbocycles. The number of thioether (sulfide) groups is 1. The van der Waals surface area contributed by atoms with Crippen LogP contribution in [0.1, 0.15) is 50.6 Å². The molecule has 10 heteroatoms. The number of aryl methyl sites for hydroxylation is 1. The smallest absolute Gasteiger partial charge is 0.321 e. The van der Waals surface area contributed by atoms with Gasteiger partial charge < -0.3 is 15.9 Å². The summed E-state index contributed by atoms with van der Waals surface area (Å²) >= 11 is 1.09. The number of hydrogen-bond acceptors (Lipinski definition) is 7. The third-order valence-corrected chi connectivity index (χ3v) is 4.83. The number of imide groups is 1. The fourth-order valence-corrected chi connectivity index (χ4v) is 3.16. The van der Waals surface area contributed by atoms with Crippen LogP contribution in [-0.4, -0.2) is 38.6 Å². The third kappa shape index (κ3) is 6.67. The minimum atomic E-state index is -0.534. The minimum absolute atomic E-state index is 0.0168. The molecule has 0 aliphatic rings. The van der Waals surface area contributed by atoms with E-state index in [1.54, 1.807) is 13.8 Å². The van der Waals surface area contributed by atoms with Crippen molar-refractivity contribution in [2.45, 2.75) is 58.3 Å². The van der Waals surface area contributed by atoms with Crippen molar-refractivity contribution >= 4 is 23.7 Å². The van der Waals surface area contributed by atoms with Gasteiger partial charge in [0.15, 0.2) is 5.82 Å². The van der Waals surface area contributed by atoms with Gasteiger partial charge in [0, 0.05) is 6.04 Å². The molecule has 1 aromatic heterocycles. The van der Waals surface area contributed by atoms with Gasteiger partial charge in [-0.25, -0.2) is 9.47 Å². The van der Waals surface area contributed by atoms with Crippen molar-refractivity contribution in [3.63, 3.8) is 0 Å². The topological polar surface area (TPSA) is 124 Å². The van der Waals surface area contributed by atoms with Crippen molar-refractivity contribution in [2.24, 2.45) is 0 Å². The number of benzene rings is 1. The molecule has 3 amide bonds. The molecule has 0 unspecified atom stereocenters. The molecular formula is C19H28N6O3S. The summed E-state index contributed by atoms with van der Waals surface area (Å²) < 4.78 is 7.22. The van der Waals surface area contributed by atoms with Gasteiger partial charge in [0.1, 0.15) is 12.4 Å². The summed E-state index contributed by atoms with van der Waals surface area (Å²) in [6.07, 6.45) is 0. The predicted molar refractivity (Wildman–Crippen MR) is 112 cm³/mol. The molecule has 0 aliphatic carbocycles. The van der Waals surface area contributed by atoms with Crippen LogP contribution in [0.15, 0.2) is 23.4 Å². The van der Waals surface area contributed by atoms with E-state index >= 15 is 0 Å². The first kappa shape index (κ1) is 22.5. The molecule has 0 bridgehead atoms. The van der Waals surface area contributed by atoms with E-state index in [9.17, 15) is 9.59 Å². The maximum atomic E-state index is 11.9. The molecule has 2 aromatic rings. The lowest BCUT2D eigenvalue weighted by atomic mass is 10.0. The Bertz CT molecular complexity index is 866. The third-order valence-electron chi connectivity index (χ3n) is 3.89. The molecule has 0 aliphatic heterocycles. The van der Waals surface area contributed by atoms with Gasteiger partial charge in [-0.3, -0.25) is 10.1 Å². The second kappa shape index (κ2) is 10.1. The van der Waals surface area contributed by atoms with Crippen LogP contribution in [0.2, 0.25) is 0 Å². The Morgan fingerprint density at radius 3 is 2.62 bits per heavy atom. The highest BCUT2D eigenvalue weighted by atomic mass is 32.2. The van der Waals surface area contributed by atoms with E-state index < -0.39 is 11.9 Å². The molecule has 1 aromatic carbocycles. The first-order chi connectivity index (χ1) is 13.7. The number of nitrogens with one attached hydrogen (secondary N) is 2. The monoisotopic (exact) mass is 420 g/mol. The Kier molecular flexibility index (Phi) is 7.89. The zero-order valence-electron chi connectivity index (χ0n) is 17.4. The first-order valence-corrected chi connectivity index (χ1v) is 10.3. The molecule has 4 N–H and O–H groups in total. The maximum absolute atomic E-state index is 11.9. The molecule has 1 heterocycles. The van der Waals surface area contributed by atoms with Crippen molar-refractivity contribution in [1.82, 2.24) is 25.5 Å². The number of amides is 3. The van der Waals surface area contributed by atoms with Crippen LogP contribution in [-0.2, 0) is 11.4 Å². The molecule has 9 nitrogen and oxygen atoms in total. The van der Waals surface area contributed by atoms with E-state index in [-0.39, 0.29) is 18.4 Å². The van der Waals surface area contributed by atoms with Gasteiger partial charge in [-0.15, -0.1) is 10.2 Å². The summed E-state index contributed by atoms with van der Waals surface area (Å²) in [5, 5.41) is 13.2. The van der Waals surface area contributed by atoms with Gasteiger partial charge >= 0.3 is 6.03 Å². The number of ether oxygens (including phenoxy) is 1. The Morgan fingerprint density at radius 1 is 1.24 bits per heavy atom. The molecule has 0 atom stereocenters. The standard InChI is InChI=1S/C19H28N6O3S/c1-11(2)14-7-6-13(5)8-15(14)28-9-16-23-24-19(25(16)20)29-10-17(26)22-18(27)21-12(3)4/h6-8,11-12H,9-10,20H2,1-5H3,(H2,21,22,26,27). The molecule has 0 spiro atoms. The second-order valence-electron chi connectivity index (χ2n) is 7.22. The first-order valence-electron chi connectivity index (χ1n) is 9.33. The van der Waals surface area contributed by atoms with Crippen LogP contribution in [0.25, 0.3) is 0 Å². The molecule has 0 saturated heterocycles. The molecule has 0 fully saturated rings.